The minimum atomic E-state index is -1.15. The van der Waals surface area contributed by atoms with Crippen LogP contribution in [0.4, 0.5) is 4.79 Å². The highest BCUT2D eigenvalue weighted by Gasteiger charge is 2.52. The fourth-order valence-corrected chi connectivity index (χ4v) is 3.46. The third-order valence-electron chi connectivity index (χ3n) is 4.32. The first kappa shape index (κ1) is 18.4. The molecule has 0 aromatic heterocycles. The molecule has 2 aliphatic rings. The van der Waals surface area contributed by atoms with Crippen molar-refractivity contribution < 1.29 is 28.7 Å². The molecular formula is C17H25NO6. The van der Waals surface area contributed by atoms with E-state index >= 15 is 0 Å². The van der Waals surface area contributed by atoms with Gasteiger partial charge in [0.05, 0.1) is 12.6 Å². The zero-order valence-electron chi connectivity index (χ0n) is 14.7. The molecule has 2 heterocycles. The summed E-state index contributed by atoms with van der Waals surface area (Å²) < 4.78 is 10.2. The van der Waals surface area contributed by atoms with E-state index in [-0.39, 0.29) is 24.9 Å². The van der Waals surface area contributed by atoms with E-state index in [2.05, 4.69) is 0 Å². The number of Topliss-reactive ketones (excluding diaryl/α,β-unsaturated/α-hetero) is 2. The van der Waals surface area contributed by atoms with Crippen molar-refractivity contribution in [2.75, 3.05) is 6.61 Å². The van der Waals surface area contributed by atoms with E-state index in [0.717, 1.165) is 6.42 Å². The highest BCUT2D eigenvalue weighted by atomic mass is 16.6. The van der Waals surface area contributed by atoms with E-state index in [1.165, 1.54) is 4.90 Å². The minimum absolute atomic E-state index is 0.0640. The molecule has 1 unspecified atom stereocenters. The molecule has 0 radical (unpaired) electrons. The van der Waals surface area contributed by atoms with Crippen molar-refractivity contribution in [2.24, 2.45) is 5.92 Å². The predicted octanol–water partition coefficient (Wildman–Crippen LogP) is 1.87. The SMILES string of the molecule is CCOC(=O)C(=O)C1C(=O)C[C@@H]2CCC[C@H]1N2C(=O)OC(C)(C)C. The van der Waals surface area contributed by atoms with Crippen LogP contribution in [0.15, 0.2) is 0 Å². The van der Waals surface area contributed by atoms with Crippen molar-refractivity contribution in [1.29, 1.82) is 0 Å². The van der Waals surface area contributed by atoms with Crippen LogP contribution in [-0.4, -0.2) is 52.8 Å². The van der Waals surface area contributed by atoms with E-state index in [0.29, 0.717) is 12.8 Å². The number of fused-ring (bicyclic) bond motifs is 2. The maximum Gasteiger partial charge on any atom is 0.410 e. The van der Waals surface area contributed by atoms with Crippen molar-refractivity contribution >= 4 is 23.6 Å². The van der Waals surface area contributed by atoms with Crippen LogP contribution in [0, 0.1) is 5.92 Å². The predicted molar refractivity (Wildman–Crippen MR) is 84.3 cm³/mol. The van der Waals surface area contributed by atoms with E-state index in [1.54, 1.807) is 27.7 Å². The molecule has 7 heteroatoms. The summed E-state index contributed by atoms with van der Waals surface area (Å²) >= 11 is 0. The molecule has 0 aromatic carbocycles. The Morgan fingerprint density at radius 2 is 1.88 bits per heavy atom. The van der Waals surface area contributed by atoms with Crippen molar-refractivity contribution in [1.82, 2.24) is 4.90 Å². The molecular weight excluding hydrogens is 314 g/mol. The summed E-state index contributed by atoms with van der Waals surface area (Å²) in [6, 6.07) is -0.894. The molecule has 0 N–H and O–H groups in total. The molecule has 2 bridgehead atoms. The van der Waals surface area contributed by atoms with Crippen LogP contribution in [0.3, 0.4) is 0 Å². The van der Waals surface area contributed by atoms with Crippen LogP contribution >= 0.6 is 0 Å². The van der Waals surface area contributed by atoms with Crippen LogP contribution in [0.5, 0.6) is 0 Å². The number of ether oxygens (including phenoxy) is 2. The zero-order chi connectivity index (χ0) is 18.1. The highest BCUT2D eigenvalue weighted by Crippen LogP contribution is 2.37. The number of hydrogen-bond acceptors (Lipinski definition) is 6. The average molecular weight is 339 g/mol. The van der Waals surface area contributed by atoms with E-state index < -0.39 is 35.4 Å². The Kier molecular flexibility index (Phi) is 5.30. The second kappa shape index (κ2) is 6.91. The summed E-state index contributed by atoms with van der Waals surface area (Å²) in [6.45, 7) is 6.94. The number of ketones is 2. The maximum atomic E-state index is 12.6. The van der Waals surface area contributed by atoms with E-state index in [4.69, 9.17) is 9.47 Å². The number of carbonyl (C=O) groups is 4. The van der Waals surface area contributed by atoms with Gasteiger partial charge >= 0.3 is 12.1 Å². The van der Waals surface area contributed by atoms with Crippen LogP contribution < -0.4 is 0 Å². The number of rotatable bonds is 3. The number of hydrogen-bond donors (Lipinski definition) is 0. The van der Waals surface area contributed by atoms with Gasteiger partial charge in [-0.05, 0) is 47.0 Å². The van der Waals surface area contributed by atoms with Crippen molar-refractivity contribution in [2.45, 2.75) is 71.1 Å². The van der Waals surface area contributed by atoms with Crippen LogP contribution in [0.25, 0.3) is 0 Å². The normalized spacial score (nSPS) is 26.8. The molecule has 134 valence electrons. The summed E-state index contributed by atoms with van der Waals surface area (Å²) in [5, 5.41) is 0. The van der Waals surface area contributed by atoms with Gasteiger partial charge < -0.3 is 14.4 Å². The number of piperidine rings is 2. The Hall–Kier alpha value is -1.92. The van der Waals surface area contributed by atoms with Gasteiger partial charge in [0.15, 0.2) is 0 Å². The Morgan fingerprint density at radius 3 is 2.46 bits per heavy atom. The third kappa shape index (κ3) is 3.76. The standard InChI is InChI=1S/C17H25NO6/c1-5-23-15(21)14(20)13-11-8-6-7-10(9-12(13)19)18(11)16(22)24-17(2,3)4/h10-11,13H,5-9H2,1-4H3/t10-,11+,13?/m0/s1. The van der Waals surface area contributed by atoms with Gasteiger partial charge in [-0.25, -0.2) is 9.59 Å². The molecule has 0 saturated carbocycles. The van der Waals surface area contributed by atoms with Gasteiger partial charge in [0.25, 0.3) is 5.78 Å². The quantitative estimate of drug-likeness (QED) is 0.443. The average Bonchev–Trinajstić information content (AvgIpc) is 2.44. The lowest BCUT2D eigenvalue weighted by Gasteiger charge is -2.48. The number of esters is 1. The molecule has 0 aliphatic carbocycles. The molecule has 24 heavy (non-hydrogen) atoms. The zero-order valence-corrected chi connectivity index (χ0v) is 14.7. The molecule has 1 amide bonds. The van der Waals surface area contributed by atoms with E-state index in [1.807, 2.05) is 0 Å². The molecule has 3 atom stereocenters. The van der Waals surface area contributed by atoms with Crippen molar-refractivity contribution in [3.05, 3.63) is 0 Å². The number of nitrogens with zero attached hydrogens (tertiary/aromatic N) is 1. The Morgan fingerprint density at radius 1 is 1.21 bits per heavy atom. The molecule has 2 rings (SSSR count). The molecule has 0 aromatic rings. The summed E-state index contributed by atoms with van der Waals surface area (Å²) in [6.07, 6.45) is 1.53. The molecule has 2 saturated heterocycles. The van der Waals surface area contributed by atoms with E-state index in [9.17, 15) is 19.2 Å². The van der Waals surface area contributed by atoms with Crippen LogP contribution in [-0.2, 0) is 23.9 Å². The first-order chi connectivity index (χ1) is 11.2. The Bertz CT molecular complexity index is 550. The van der Waals surface area contributed by atoms with Crippen molar-refractivity contribution in [3.63, 3.8) is 0 Å². The minimum Gasteiger partial charge on any atom is -0.460 e. The number of carbonyl (C=O) groups excluding carboxylic acids is 4. The molecule has 2 fully saturated rings. The second-order valence-corrected chi connectivity index (χ2v) is 7.27. The summed E-state index contributed by atoms with van der Waals surface area (Å²) in [5.41, 5.74) is -0.673. The first-order valence-corrected chi connectivity index (χ1v) is 8.40. The second-order valence-electron chi connectivity index (χ2n) is 7.27. The summed E-state index contributed by atoms with van der Waals surface area (Å²) in [5.74, 6) is -3.31. The van der Waals surface area contributed by atoms with Crippen LogP contribution in [0.2, 0.25) is 0 Å². The van der Waals surface area contributed by atoms with Crippen molar-refractivity contribution in [3.8, 4) is 0 Å². The van der Waals surface area contributed by atoms with Crippen LogP contribution in [0.1, 0.15) is 53.4 Å². The van der Waals surface area contributed by atoms with Gasteiger partial charge in [0.2, 0.25) is 0 Å². The maximum absolute atomic E-state index is 12.6. The monoisotopic (exact) mass is 339 g/mol. The molecule has 2 aliphatic heterocycles. The fourth-order valence-electron chi connectivity index (χ4n) is 3.46. The molecule has 7 nitrogen and oxygen atoms in total. The van der Waals surface area contributed by atoms with Gasteiger partial charge in [-0.3, -0.25) is 9.59 Å². The van der Waals surface area contributed by atoms with Gasteiger partial charge in [-0.2, -0.15) is 0 Å². The largest absolute Gasteiger partial charge is 0.460 e. The topological polar surface area (TPSA) is 90.0 Å². The fraction of sp³-hybridized carbons (Fsp3) is 0.765. The third-order valence-corrected chi connectivity index (χ3v) is 4.32. The lowest BCUT2D eigenvalue weighted by atomic mass is 9.75. The summed E-state index contributed by atoms with van der Waals surface area (Å²) in [7, 11) is 0. The first-order valence-electron chi connectivity index (χ1n) is 8.40. The lowest BCUT2D eigenvalue weighted by molar-refractivity contribution is -0.160. The van der Waals surface area contributed by atoms with Gasteiger partial charge in [0.1, 0.15) is 17.3 Å². The van der Waals surface area contributed by atoms with Gasteiger partial charge in [-0.1, -0.05) is 0 Å². The lowest BCUT2D eigenvalue weighted by Crippen LogP contribution is -2.62. The van der Waals surface area contributed by atoms with Gasteiger partial charge in [0, 0.05) is 12.5 Å². The number of amides is 1. The summed E-state index contributed by atoms with van der Waals surface area (Å²) in [4.78, 5) is 50.6. The highest BCUT2D eigenvalue weighted by molar-refractivity contribution is 6.38. The Labute approximate surface area is 141 Å². The van der Waals surface area contributed by atoms with Gasteiger partial charge in [-0.15, -0.1) is 0 Å². The Balaban J connectivity index is 2.27. The smallest absolute Gasteiger partial charge is 0.410 e. The molecule has 0 spiro atoms.